The lowest BCUT2D eigenvalue weighted by molar-refractivity contribution is 0.577. The third-order valence-corrected chi connectivity index (χ3v) is 2.98. The van der Waals surface area contributed by atoms with E-state index in [1.807, 2.05) is 0 Å². The molecule has 1 aromatic carbocycles. The van der Waals surface area contributed by atoms with E-state index < -0.39 is 0 Å². The fraction of sp³-hybridized carbons (Fsp3) is 0.429. The summed E-state index contributed by atoms with van der Waals surface area (Å²) >= 11 is 0. The molecule has 0 saturated carbocycles. The van der Waals surface area contributed by atoms with Crippen LogP contribution in [0.5, 0.6) is 0 Å². The Morgan fingerprint density at radius 1 is 1.07 bits per heavy atom. The Hall–Kier alpha value is -1.24. The molecule has 0 radical (unpaired) electrons. The van der Waals surface area contributed by atoms with Gasteiger partial charge in [0.2, 0.25) is 0 Å². The van der Waals surface area contributed by atoms with Gasteiger partial charge in [0.25, 0.3) is 0 Å². The van der Waals surface area contributed by atoms with Crippen molar-refractivity contribution in [2.75, 3.05) is 18.0 Å². The topological polar surface area (TPSA) is 3.24 Å². The van der Waals surface area contributed by atoms with Crippen molar-refractivity contribution in [3.05, 3.63) is 35.9 Å². The Balaban J connectivity index is 2.25. The molecule has 0 unspecified atom stereocenters. The quantitative estimate of drug-likeness (QED) is 0.705. The number of rotatable bonds is 2. The Labute approximate surface area is 92.4 Å². The predicted molar refractivity (Wildman–Crippen MR) is 67.2 cm³/mol. The minimum absolute atomic E-state index is 1.22. The van der Waals surface area contributed by atoms with E-state index >= 15 is 0 Å². The van der Waals surface area contributed by atoms with Crippen LogP contribution in [0.2, 0.25) is 0 Å². The van der Waals surface area contributed by atoms with Gasteiger partial charge in [0.1, 0.15) is 0 Å². The van der Waals surface area contributed by atoms with E-state index in [0.717, 1.165) is 0 Å². The lowest BCUT2D eigenvalue weighted by atomic mass is 10.1. The highest BCUT2D eigenvalue weighted by molar-refractivity contribution is 5.67. The molecule has 0 aromatic heterocycles. The van der Waals surface area contributed by atoms with Gasteiger partial charge in [-0.25, -0.2) is 0 Å². The van der Waals surface area contributed by atoms with E-state index in [1.165, 1.54) is 43.6 Å². The Morgan fingerprint density at radius 2 is 1.80 bits per heavy atom. The van der Waals surface area contributed by atoms with Crippen molar-refractivity contribution >= 4 is 11.8 Å². The maximum absolute atomic E-state index is 2.51. The van der Waals surface area contributed by atoms with Crippen LogP contribution in [-0.4, -0.2) is 13.1 Å². The zero-order valence-electron chi connectivity index (χ0n) is 9.45. The molecule has 0 atom stereocenters. The van der Waals surface area contributed by atoms with Crippen molar-refractivity contribution in [2.24, 2.45) is 0 Å². The number of allylic oxidation sites excluding steroid dienone is 1. The number of benzene rings is 1. The summed E-state index contributed by atoms with van der Waals surface area (Å²) in [6.45, 7) is 4.51. The average molecular weight is 201 g/mol. The predicted octanol–water partition coefficient (Wildman–Crippen LogP) is 3.71. The van der Waals surface area contributed by atoms with Crippen LogP contribution in [0.15, 0.2) is 30.3 Å². The van der Waals surface area contributed by atoms with Crippen LogP contribution >= 0.6 is 0 Å². The second kappa shape index (κ2) is 5.01. The van der Waals surface area contributed by atoms with Gasteiger partial charge in [-0.3, -0.25) is 0 Å². The van der Waals surface area contributed by atoms with E-state index in [4.69, 9.17) is 0 Å². The van der Waals surface area contributed by atoms with Crippen LogP contribution in [0.4, 0.5) is 5.69 Å². The highest BCUT2D eigenvalue weighted by Gasteiger charge is 2.12. The summed E-state index contributed by atoms with van der Waals surface area (Å²) in [7, 11) is 0. The molecule has 1 aliphatic heterocycles. The second-order valence-electron chi connectivity index (χ2n) is 4.11. The molecule has 2 rings (SSSR count). The summed E-state index contributed by atoms with van der Waals surface area (Å²) in [5, 5.41) is 0. The number of hydrogen-bond donors (Lipinski definition) is 0. The first kappa shape index (κ1) is 10.3. The molecule has 1 fully saturated rings. The van der Waals surface area contributed by atoms with Crippen LogP contribution in [0.25, 0.3) is 6.08 Å². The largest absolute Gasteiger partial charge is 0.371 e. The maximum atomic E-state index is 2.51. The van der Waals surface area contributed by atoms with Gasteiger partial charge in [-0.1, -0.05) is 30.4 Å². The summed E-state index contributed by atoms with van der Waals surface area (Å²) in [4.78, 5) is 2.51. The molecule has 1 saturated heterocycles. The molecular weight excluding hydrogens is 182 g/mol. The Kier molecular flexibility index (Phi) is 3.44. The number of anilines is 1. The SMILES string of the molecule is C/C=C\c1ccccc1N1CCCCC1. The average Bonchev–Trinajstić information content (AvgIpc) is 2.31. The summed E-state index contributed by atoms with van der Waals surface area (Å²) in [5.41, 5.74) is 2.75. The van der Waals surface area contributed by atoms with Crippen molar-refractivity contribution in [3.63, 3.8) is 0 Å². The number of nitrogens with zero attached hydrogens (tertiary/aromatic N) is 1. The van der Waals surface area contributed by atoms with Crippen LogP contribution in [0, 0.1) is 0 Å². The molecule has 0 amide bonds. The smallest absolute Gasteiger partial charge is 0.0439 e. The van der Waals surface area contributed by atoms with Gasteiger partial charge in [0, 0.05) is 18.8 Å². The fourth-order valence-corrected chi connectivity index (χ4v) is 2.23. The molecule has 0 bridgehead atoms. The molecule has 1 aromatic rings. The van der Waals surface area contributed by atoms with E-state index in [-0.39, 0.29) is 0 Å². The number of hydrogen-bond acceptors (Lipinski definition) is 1. The fourth-order valence-electron chi connectivity index (χ4n) is 2.23. The minimum Gasteiger partial charge on any atom is -0.371 e. The molecule has 15 heavy (non-hydrogen) atoms. The van der Waals surface area contributed by atoms with Gasteiger partial charge in [0.15, 0.2) is 0 Å². The zero-order valence-corrected chi connectivity index (χ0v) is 9.45. The van der Waals surface area contributed by atoms with Crippen molar-refractivity contribution in [2.45, 2.75) is 26.2 Å². The third kappa shape index (κ3) is 2.41. The van der Waals surface area contributed by atoms with Gasteiger partial charge >= 0.3 is 0 Å². The summed E-state index contributed by atoms with van der Waals surface area (Å²) < 4.78 is 0. The van der Waals surface area contributed by atoms with Crippen molar-refractivity contribution in [3.8, 4) is 0 Å². The highest BCUT2D eigenvalue weighted by atomic mass is 15.1. The van der Waals surface area contributed by atoms with Gasteiger partial charge in [-0.2, -0.15) is 0 Å². The van der Waals surface area contributed by atoms with Crippen LogP contribution in [0.1, 0.15) is 31.7 Å². The van der Waals surface area contributed by atoms with Crippen LogP contribution in [0.3, 0.4) is 0 Å². The lowest BCUT2D eigenvalue weighted by Crippen LogP contribution is -2.29. The van der Waals surface area contributed by atoms with E-state index in [1.54, 1.807) is 0 Å². The molecule has 0 aliphatic carbocycles. The van der Waals surface area contributed by atoms with Crippen LogP contribution < -0.4 is 4.90 Å². The molecule has 1 nitrogen and oxygen atoms in total. The monoisotopic (exact) mass is 201 g/mol. The van der Waals surface area contributed by atoms with Gasteiger partial charge in [0.05, 0.1) is 0 Å². The first-order valence-electron chi connectivity index (χ1n) is 5.88. The van der Waals surface area contributed by atoms with Gasteiger partial charge < -0.3 is 4.90 Å². The standard InChI is InChI=1S/C14H19N/c1-2-8-13-9-4-5-10-14(13)15-11-6-3-7-12-15/h2,4-5,8-10H,3,6-7,11-12H2,1H3/b8-2-. The molecule has 0 spiro atoms. The van der Waals surface area contributed by atoms with Crippen LogP contribution in [-0.2, 0) is 0 Å². The van der Waals surface area contributed by atoms with Gasteiger partial charge in [-0.05, 0) is 37.8 Å². The van der Waals surface area contributed by atoms with E-state index in [0.29, 0.717) is 0 Å². The first-order chi connectivity index (χ1) is 7.42. The van der Waals surface area contributed by atoms with Crippen molar-refractivity contribution in [1.82, 2.24) is 0 Å². The normalized spacial score (nSPS) is 17.3. The summed E-state index contributed by atoms with van der Waals surface area (Å²) in [5.74, 6) is 0. The highest BCUT2D eigenvalue weighted by Crippen LogP contribution is 2.24. The molecular formula is C14H19N. The van der Waals surface area contributed by atoms with Gasteiger partial charge in [-0.15, -0.1) is 0 Å². The Morgan fingerprint density at radius 3 is 2.53 bits per heavy atom. The molecule has 1 aliphatic rings. The Bertz CT molecular complexity index is 335. The van der Waals surface area contributed by atoms with Crippen molar-refractivity contribution in [1.29, 1.82) is 0 Å². The summed E-state index contributed by atoms with van der Waals surface area (Å²) in [6.07, 6.45) is 8.38. The minimum atomic E-state index is 1.22. The summed E-state index contributed by atoms with van der Waals surface area (Å²) in [6, 6.07) is 8.68. The first-order valence-corrected chi connectivity index (χ1v) is 5.88. The second-order valence-corrected chi connectivity index (χ2v) is 4.11. The number of para-hydroxylation sites is 1. The van der Waals surface area contributed by atoms with E-state index in [9.17, 15) is 0 Å². The lowest BCUT2D eigenvalue weighted by Gasteiger charge is -2.30. The molecule has 1 heterocycles. The van der Waals surface area contributed by atoms with E-state index in [2.05, 4.69) is 48.2 Å². The molecule has 1 heteroatoms. The molecule has 0 N–H and O–H groups in total. The third-order valence-electron chi connectivity index (χ3n) is 2.98. The van der Waals surface area contributed by atoms with Crippen molar-refractivity contribution < 1.29 is 0 Å². The number of piperidine rings is 1. The maximum Gasteiger partial charge on any atom is 0.0439 e. The zero-order chi connectivity index (χ0) is 10.5. The molecule has 80 valence electrons.